The van der Waals surface area contributed by atoms with Gasteiger partial charge in [-0.25, -0.2) is 18.8 Å². The molecule has 0 radical (unpaired) electrons. The Morgan fingerprint density at radius 1 is 0.906 bits per heavy atom. The Hall–Kier alpha value is -3.53. The molecule has 11 heteroatoms. The molecule has 9 nitrogen and oxygen atoms in total. The zero-order chi connectivity index (χ0) is 24.8. The summed E-state index contributed by atoms with van der Waals surface area (Å²) in [6.45, 7) is 3.55. The summed E-state index contributed by atoms with van der Waals surface area (Å²) in [5.74, 6) is -0.178. The second-order valence-corrected chi connectivity index (χ2v) is 5.65. The van der Waals surface area contributed by atoms with Crippen LogP contribution in [-0.2, 0) is 18.9 Å². The number of ether oxygens (including phenoxy) is 4. The lowest BCUT2D eigenvalue weighted by atomic mass is 10.2. The maximum absolute atomic E-state index is 11.9. The van der Waals surface area contributed by atoms with Crippen molar-refractivity contribution in [2.45, 2.75) is 13.8 Å². The third kappa shape index (κ3) is 24.5. The topological polar surface area (TPSA) is 129 Å². The van der Waals surface area contributed by atoms with E-state index in [9.17, 15) is 18.8 Å². The van der Waals surface area contributed by atoms with Gasteiger partial charge in [-0.3, -0.25) is 0 Å². The van der Waals surface area contributed by atoms with E-state index in [-0.39, 0.29) is 19.0 Å². The van der Waals surface area contributed by atoms with E-state index < -0.39 is 18.5 Å². The number of carbonyl (C=O) groups excluding carboxylic acids is 1. The summed E-state index contributed by atoms with van der Waals surface area (Å²) in [5, 5.41) is 16.5. The maximum Gasteiger partial charge on any atom is 0.507 e. The Morgan fingerprint density at radius 3 is 1.69 bits per heavy atom. The molecule has 0 spiro atoms. The molecule has 0 saturated heterocycles. The highest BCUT2D eigenvalue weighted by Crippen LogP contribution is 2.08. The van der Waals surface area contributed by atoms with E-state index in [1.807, 2.05) is 31.2 Å². The number of carboxylic acid groups (broad SMARTS) is 2. The molecule has 2 rings (SSSR count). The highest BCUT2D eigenvalue weighted by Gasteiger charge is 1.98. The molecule has 0 aliphatic rings. The molecule has 0 fully saturated rings. The minimum atomic E-state index is -1.45. The summed E-state index contributed by atoms with van der Waals surface area (Å²) < 4.78 is 28.2. The number of halogens is 2. The third-order valence-electron chi connectivity index (χ3n) is 2.68. The highest BCUT2D eigenvalue weighted by molar-refractivity contribution is 6.30. The van der Waals surface area contributed by atoms with Crippen molar-refractivity contribution in [3.63, 3.8) is 0 Å². The molecule has 0 heterocycles. The number of aryl methyl sites for hydroxylation is 1. The average Bonchev–Trinajstić information content (AvgIpc) is 2.73. The zero-order valence-electron chi connectivity index (χ0n) is 17.8. The van der Waals surface area contributed by atoms with Crippen LogP contribution < -0.4 is 0 Å². The first-order valence-electron chi connectivity index (χ1n) is 8.97. The molecular formula is C21H26ClFO9. The van der Waals surface area contributed by atoms with E-state index in [0.717, 1.165) is 5.02 Å². The van der Waals surface area contributed by atoms with Crippen LogP contribution in [0.2, 0.25) is 5.02 Å². The first-order valence-corrected chi connectivity index (χ1v) is 9.35. The van der Waals surface area contributed by atoms with Crippen LogP contribution in [-0.4, -0.2) is 55.6 Å². The fourth-order valence-electron chi connectivity index (χ4n) is 1.45. The second-order valence-electron chi connectivity index (χ2n) is 5.21. The van der Waals surface area contributed by atoms with Gasteiger partial charge in [0, 0.05) is 5.02 Å². The van der Waals surface area contributed by atoms with Crippen LogP contribution in [0.1, 0.15) is 12.5 Å². The van der Waals surface area contributed by atoms with Crippen molar-refractivity contribution in [1.29, 1.82) is 0 Å². The fraction of sp³-hybridized carbons (Fsp3) is 0.286. The van der Waals surface area contributed by atoms with Gasteiger partial charge >= 0.3 is 18.5 Å². The van der Waals surface area contributed by atoms with E-state index in [2.05, 4.69) is 18.9 Å². The van der Waals surface area contributed by atoms with E-state index in [1.54, 1.807) is 25.1 Å². The molecule has 2 N–H and O–H groups in total. The van der Waals surface area contributed by atoms with Crippen molar-refractivity contribution in [3.8, 4) is 0 Å². The minimum Gasteiger partial charge on any atom is -0.450 e. The number of benzene rings is 2. The Balaban J connectivity index is 0. The molecule has 0 atom stereocenters. The van der Waals surface area contributed by atoms with Crippen LogP contribution in [0.15, 0.2) is 54.6 Å². The van der Waals surface area contributed by atoms with Gasteiger partial charge in [-0.15, -0.1) is 0 Å². The van der Waals surface area contributed by atoms with Crippen molar-refractivity contribution in [2.24, 2.45) is 0 Å². The number of hydrogen-bond donors (Lipinski definition) is 2. The van der Waals surface area contributed by atoms with Gasteiger partial charge in [-0.2, -0.15) is 0 Å². The normalized spacial score (nSPS) is 8.53. The quantitative estimate of drug-likeness (QED) is 0.327. The monoisotopic (exact) mass is 476 g/mol. The van der Waals surface area contributed by atoms with Gasteiger partial charge < -0.3 is 29.2 Å². The zero-order valence-corrected chi connectivity index (χ0v) is 18.6. The molecule has 0 bridgehead atoms. The lowest BCUT2D eigenvalue weighted by molar-refractivity contribution is 0.0472. The van der Waals surface area contributed by atoms with E-state index >= 15 is 0 Å². The second kappa shape index (κ2) is 20.7. The van der Waals surface area contributed by atoms with Crippen molar-refractivity contribution < 1.29 is 47.9 Å². The van der Waals surface area contributed by atoms with Gasteiger partial charge in [-0.1, -0.05) is 41.9 Å². The first kappa shape index (κ1) is 30.7. The van der Waals surface area contributed by atoms with Crippen molar-refractivity contribution in [1.82, 2.24) is 0 Å². The predicted octanol–water partition coefficient (Wildman–Crippen LogP) is 5.64. The van der Waals surface area contributed by atoms with Crippen LogP contribution in [0.25, 0.3) is 0 Å². The molecule has 0 aliphatic carbocycles. The van der Waals surface area contributed by atoms with Gasteiger partial charge in [0.2, 0.25) is 0 Å². The Bertz CT molecular complexity index is 740. The van der Waals surface area contributed by atoms with Crippen molar-refractivity contribution in [3.05, 3.63) is 71.0 Å². The van der Waals surface area contributed by atoms with Crippen LogP contribution in [0.3, 0.4) is 0 Å². The van der Waals surface area contributed by atoms with Crippen molar-refractivity contribution in [2.75, 3.05) is 26.9 Å². The smallest absolute Gasteiger partial charge is 0.450 e. The van der Waals surface area contributed by atoms with E-state index in [0.29, 0.717) is 6.61 Å². The summed E-state index contributed by atoms with van der Waals surface area (Å²) in [7, 11) is 1.28. The average molecular weight is 477 g/mol. The number of methoxy groups -OCH3 is 1. The molecule has 0 amide bonds. The summed E-state index contributed by atoms with van der Waals surface area (Å²) in [6, 6.07) is 15.7. The summed E-state index contributed by atoms with van der Waals surface area (Å²) >= 11 is 5.64. The molecule has 0 aliphatic heterocycles. The number of carbonyl (C=O) groups is 3. The van der Waals surface area contributed by atoms with Crippen molar-refractivity contribution >= 4 is 30.1 Å². The molecule has 2 aromatic carbocycles. The van der Waals surface area contributed by atoms with Crippen LogP contribution in [0, 0.1) is 12.7 Å². The van der Waals surface area contributed by atoms with Gasteiger partial charge in [0.25, 0.3) is 0 Å². The van der Waals surface area contributed by atoms with E-state index in [1.165, 1.54) is 24.8 Å². The van der Waals surface area contributed by atoms with Crippen LogP contribution in [0.5, 0.6) is 0 Å². The minimum absolute atomic E-state index is 0.178. The number of rotatable bonds is 4. The molecule has 2 aromatic rings. The highest BCUT2D eigenvalue weighted by atomic mass is 35.5. The molecule has 178 valence electrons. The van der Waals surface area contributed by atoms with Gasteiger partial charge in [0.15, 0.2) is 0 Å². The van der Waals surface area contributed by atoms with Gasteiger partial charge in [0.1, 0.15) is 19.0 Å². The first-order chi connectivity index (χ1) is 15.1. The number of hydrogen-bond acceptors (Lipinski definition) is 7. The van der Waals surface area contributed by atoms with Gasteiger partial charge in [-0.05, 0) is 43.7 Å². The fourth-order valence-corrected chi connectivity index (χ4v) is 1.70. The maximum atomic E-state index is 11.9. The predicted molar refractivity (Wildman–Crippen MR) is 115 cm³/mol. The van der Waals surface area contributed by atoms with Gasteiger partial charge in [0.05, 0.1) is 13.7 Å². The Kier molecular flexibility index (Phi) is 19.9. The van der Waals surface area contributed by atoms with Crippen LogP contribution in [0.4, 0.5) is 18.8 Å². The lowest BCUT2D eigenvalue weighted by Crippen LogP contribution is -2.10. The summed E-state index contributed by atoms with van der Waals surface area (Å²) in [5.41, 5.74) is 1.21. The largest absolute Gasteiger partial charge is 0.507 e. The Labute approximate surface area is 190 Å². The SMILES string of the molecule is CCOC(=O)OC.Cc1cccc(Cl)c1.Fc1ccccc1.O=C(O)OCCOC(=O)O. The summed E-state index contributed by atoms with van der Waals surface area (Å²) in [4.78, 5) is 29.2. The Morgan fingerprint density at radius 2 is 1.44 bits per heavy atom. The molecule has 0 saturated carbocycles. The molecular weight excluding hydrogens is 451 g/mol. The lowest BCUT2D eigenvalue weighted by Gasteiger charge is -1.98. The van der Waals surface area contributed by atoms with E-state index in [4.69, 9.17) is 21.8 Å². The third-order valence-corrected chi connectivity index (χ3v) is 2.91. The molecule has 0 unspecified atom stereocenters. The standard InChI is InChI=1S/C7H7Cl.C6H5F.C4H6O6.C4H8O3/c1-6-3-2-4-7(8)5-6;7-6-4-2-1-3-5-6;5-3(6)9-1-2-10-4(7)8;1-3-7-4(5)6-2/h2-5H,1H3;1-5H;1-2H2,(H,5,6)(H,7,8);3H2,1-2H3. The van der Waals surface area contributed by atoms with Crippen LogP contribution >= 0.6 is 11.6 Å². The summed E-state index contributed by atoms with van der Waals surface area (Å²) in [6.07, 6.45) is -3.52. The molecule has 32 heavy (non-hydrogen) atoms. The molecule has 0 aromatic heterocycles.